The molecule has 3 nitrogen and oxygen atoms in total. The van der Waals surface area contributed by atoms with E-state index >= 15 is 0 Å². The number of carboxylic acid groups (broad SMARTS) is 1. The number of hydrogen-bond donors (Lipinski definition) is 2. The van der Waals surface area contributed by atoms with Gasteiger partial charge in [0.05, 0.1) is 6.10 Å². The fourth-order valence-corrected chi connectivity index (χ4v) is 2.86. The molecule has 0 bridgehead atoms. The summed E-state index contributed by atoms with van der Waals surface area (Å²) in [6, 6.07) is 0. The van der Waals surface area contributed by atoms with Crippen LogP contribution in [0.5, 0.6) is 0 Å². The van der Waals surface area contributed by atoms with Gasteiger partial charge in [0.25, 0.3) is 0 Å². The van der Waals surface area contributed by atoms with Gasteiger partial charge in [-0.15, -0.1) is 0 Å². The van der Waals surface area contributed by atoms with Crippen molar-refractivity contribution in [2.75, 3.05) is 0 Å². The van der Waals surface area contributed by atoms with Gasteiger partial charge in [-0.1, -0.05) is 49.5 Å². The molecule has 0 saturated carbocycles. The molecular weight excluding hydrogens is 288 g/mol. The molecule has 23 heavy (non-hydrogen) atoms. The molecule has 124 valence electrons. The van der Waals surface area contributed by atoms with Crippen LogP contribution in [0.3, 0.4) is 0 Å². The van der Waals surface area contributed by atoms with Crippen LogP contribution in [-0.2, 0) is 4.79 Å². The van der Waals surface area contributed by atoms with Crippen LogP contribution < -0.4 is 0 Å². The van der Waals surface area contributed by atoms with E-state index in [0.29, 0.717) is 12.0 Å². The zero-order valence-electron chi connectivity index (χ0n) is 14.6. The highest BCUT2D eigenvalue weighted by molar-refractivity contribution is 5.81. The highest BCUT2D eigenvalue weighted by Gasteiger charge is 2.31. The predicted molar refractivity (Wildman–Crippen MR) is 93.8 cm³/mol. The van der Waals surface area contributed by atoms with Crippen LogP contribution in [-0.4, -0.2) is 22.3 Å². The van der Waals surface area contributed by atoms with Gasteiger partial charge in [-0.2, -0.15) is 0 Å². The number of rotatable bonds is 3. The first-order valence-electron chi connectivity index (χ1n) is 7.78. The first kappa shape index (κ1) is 19.0. The topological polar surface area (TPSA) is 57.5 Å². The summed E-state index contributed by atoms with van der Waals surface area (Å²) in [5.74, 6) is 5.46. The minimum absolute atomic E-state index is 0.105. The van der Waals surface area contributed by atoms with Crippen LogP contribution in [0, 0.1) is 17.3 Å². The van der Waals surface area contributed by atoms with Gasteiger partial charge in [0.15, 0.2) is 0 Å². The number of carboxylic acids is 1. The molecule has 0 heterocycles. The third-order valence-electron chi connectivity index (χ3n) is 3.83. The van der Waals surface area contributed by atoms with Gasteiger partial charge in [0.1, 0.15) is 0 Å². The van der Waals surface area contributed by atoms with Crippen molar-refractivity contribution in [3.63, 3.8) is 0 Å². The fraction of sp³-hybridized carbons (Fsp3) is 0.450. The van der Waals surface area contributed by atoms with Crippen molar-refractivity contribution < 1.29 is 15.0 Å². The lowest BCUT2D eigenvalue weighted by molar-refractivity contribution is -0.131. The van der Waals surface area contributed by atoms with Gasteiger partial charge in [0.2, 0.25) is 0 Å². The average molecular weight is 314 g/mol. The van der Waals surface area contributed by atoms with Crippen LogP contribution in [0.15, 0.2) is 46.6 Å². The number of aliphatic carboxylic acids is 1. The second-order valence-corrected chi connectivity index (χ2v) is 6.79. The summed E-state index contributed by atoms with van der Waals surface area (Å²) in [5.41, 5.74) is 3.75. The highest BCUT2D eigenvalue weighted by atomic mass is 16.4. The van der Waals surface area contributed by atoms with E-state index in [1.807, 2.05) is 19.9 Å². The third-order valence-corrected chi connectivity index (χ3v) is 3.83. The van der Waals surface area contributed by atoms with E-state index in [4.69, 9.17) is 5.11 Å². The lowest BCUT2D eigenvalue weighted by Gasteiger charge is -2.34. The van der Waals surface area contributed by atoms with Crippen LogP contribution in [0.1, 0.15) is 47.5 Å². The fourth-order valence-electron chi connectivity index (χ4n) is 2.86. The van der Waals surface area contributed by atoms with Gasteiger partial charge >= 0.3 is 5.97 Å². The predicted octanol–water partition coefficient (Wildman–Crippen LogP) is 4.02. The van der Waals surface area contributed by atoms with E-state index in [0.717, 1.165) is 29.2 Å². The Morgan fingerprint density at radius 3 is 2.57 bits per heavy atom. The van der Waals surface area contributed by atoms with Crippen molar-refractivity contribution in [2.24, 2.45) is 5.41 Å². The number of hydrogen-bond acceptors (Lipinski definition) is 2. The maximum Gasteiger partial charge on any atom is 0.328 e. The Bertz CT molecular complexity index is 646. The summed E-state index contributed by atoms with van der Waals surface area (Å²) < 4.78 is 0. The molecule has 3 heteroatoms. The smallest absolute Gasteiger partial charge is 0.328 e. The average Bonchev–Trinajstić information content (AvgIpc) is 2.35. The highest BCUT2D eigenvalue weighted by Crippen LogP contribution is 2.39. The molecule has 0 amide bonds. The van der Waals surface area contributed by atoms with Crippen LogP contribution in [0.25, 0.3) is 0 Å². The molecule has 0 aromatic rings. The number of aliphatic hydroxyl groups is 1. The van der Waals surface area contributed by atoms with Gasteiger partial charge in [0, 0.05) is 17.1 Å². The molecule has 1 aliphatic rings. The standard InChI is InChI=1S/C20H26O3/c1-14(7-6-8-15(2)11-19(22)23)9-10-18-16(3)12-17(21)13-20(18,4)5/h6-8,11,17,21H,12-13H2,1-5H3,(H,22,23)/b8-6+,14-7+,15-11-/t17-/m1/s1. The first-order chi connectivity index (χ1) is 10.6. The molecule has 0 aromatic heterocycles. The number of allylic oxidation sites excluding steroid dienone is 6. The lowest BCUT2D eigenvalue weighted by Crippen LogP contribution is -2.28. The zero-order valence-corrected chi connectivity index (χ0v) is 14.6. The van der Waals surface area contributed by atoms with Gasteiger partial charge in [-0.25, -0.2) is 4.79 Å². The summed E-state index contributed by atoms with van der Waals surface area (Å²) >= 11 is 0. The summed E-state index contributed by atoms with van der Waals surface area (Å²) in [4.78, 5) is 10.5. The van der Waals surface area contributed by atoms with Gasteiger partial charge < -0.3 is 10.2 Å². The van der Waals surface area contributed by atoms with Gasteiger partial charge in [-0.05, 0) is 44.8 Å². The first-order valence-corrected chi connectivity index (χ1v) is 7.78. The second kappa shape index (κ2) is 7.99. The molecule has 0 unspecified atom stereocenters. The van der Waals surface area contributed by atoms with Crippen LogP contribution >= 0.6 is 0 Å². The van der Waals surface area contributed by atoms with Crippen LogP contribution in [0.4, 0.5) is 0 Å². The normalized spacial score (nSPS) is 22.1. The van der Waals surface area contributed by atoms with Gasteiger partial charge in [-0.3, -0.25) is 0 Å². The molecule has 1 aliphatic carbocycles. The number of carbonyl (C=O) groups is 1. The van der Waals surface area contributed by atoms with Crippen molar-refractivity contribution in [3.8, 4) is 11.8 Å². The molecule has 1 atom stereocenters. The maximum atomic E-state index is 10.5. The SMILES string of the molecule is CC1=C(C#C/C(C)=C/C=C/C(C)=C\C(=O)O)C(C)(C)C[C@H](O)C1. The van der Waals surface area contributed by atoms with Crippen molar-refractivity contribution in [1.29, 1.82) is 0 Å². The van der Waals surface area contributed by atoms with E-state index in [9.17, 15) is 9.90 Å². The molecule has 0 radical (unpaired) electrons. The molecule has 1 rings (SSSR count). The second-order valence-electron chi connectivity index (χ2n) is 6.79. The largest absolute Gasteiger partial charge is 0.478 e. The Morgan fingerprint density at radius 2 is 2.00 bits per heavy atom. The third kappa shape index (κ3) is 6.30. The zero-order chi connectivity index (χ0) is 17.6. The van der Waals surface area contributed by atoms with Crippen molar-refractivity contribution in [1.82, 2.24) is 0 Å². The minimum atomic E-state index is -0.947. The Morgan fingerprint density at radius 1 is 1.35 bits per heavy atom. The molecule has 0 aliphatic heterocycles. The summed E-state index contributed by atoms with van der Waals surface area (Å²) in [5, 5.41) is 18.5. The molecule has 0 spiro atoms. The summed E-state index contributed by atoms with van der Waals surface area (Å²) in [7, 11) is 0. The van der Waals surface area contributed by atoms with E-state index < -0.39 is 5.97 Å². The molecule has 0 aromatic carbocycles. The Balaban J connectivity index is 2.90. The van der Waals surface area contributed by atoms with Crippen molar-refractivity contribution >= 4 is 5.97 Å². The van der Waals surface area contributed by atoms with E-state index in [1.54, 1.807) is 19.1 Å². The Labute approximate surface area is 139 Å². The molecule has 2 N–H and O–H groups in total. The molecule has 0 fully saturated rings. The molecular formula is C20H26O3. The Hall–Kier alpha value is -2.05. The lowest BCUT2D eigenvalue weighted by atomic mass is 9.72. The van der Waals surface area contributed by atoms with Crippen molar-refractivity contribution in [2.45, 2.75) is 53.6 Å². The quantitative estimate of drug-likeness (QED) is 0.470. The van der Waals surface area contributed by atoms with E-state index in [2.05, 4.69) is 25.7 Å². The van der Waals surface area contributed by atoms with E-state index in [-0.39, 0.29) is 11.5 Å². The number of aliphatic hydroxyl groups excluding tert-OH is 1. The van der Waals surface area contributed by atoms with Crippen molar-refractivity contribution in [3.05, 3.63) is 46.6 Å². The summed E-state index contributed by atoms with van der Waals surface area (Å²) in [6.07, 6.45) is 7.72. The van der Waals surface area contributed by atoms with Crippen LogP contribution in [0.2, 0.25) is 0 Å². The Kier molecular flexibility index (Phi) is 6.60. The summed E-state index contributed by atoms with van der Waals surface area (Å²) in [6.45, 7) is 9.93. The monoisotopic (exact) mass is 314 g/mol. The maximum absolute atomic E-state index is 10.5. The molecule has 0 saturated heterocycles. The minimum Gasteiger partial charge on any atom is -0.478 e. The van der Waals surface area contributed by atoms with E-state index in [1.165, 1.54) is 0 Å².